The Hall–Kier alpha value is -2.97. The van der Waals surface area contributed by atoms with E-state index in [9.17, 15) is 18.4 Å². The fraction of sp³-hybridized carbons (Fsp3) is 0.267. The fourth-order valence-electron chi connectivity index (χ4n) is 2.18. The van der Waals surface area contributed by atoms with E-state index in [0.29, 0.717) is 13.1 Å². The van der Waals surface area contributed by atoms with Gasteiger partial charge in [-0.3, -0.25) is 10.1 Å². The molecule has 1 aliphatic heterocycles. The van der Waals surface area contributed by atoms with Crippen LogP contribution in [0.2, 0.25) is 0 Å². The number of anilines is 1. The Morgan fingerprint density at radius 2 is 2.00 bits per heavy atom. The maximum Gasteiger partial charge on any atom is 0.323 e. The lowest BCUT2D eigenvalue weighted by Gasteiger charge is -2.38. The predicted molar refractivity (Wildman–Crippen MR) is 80.8 cm³/mol. The van der Waals surface area contributed by atoms with Crippen LogP contribution in [-0.4, -0.2) is 39.9 Å². The molecular formula is C15H14F2N4O3. The topological polar surface area (TPSA) is 76.5 Å². The molecule has 0 aliphatic carbocycles. The average Bonchev–Trinajstić information content (AvgIpc) is 2.49. The van der Waals surface area contributed by atoms with Crippen LogP contribution < -0.4 is 15.6 Å². The second-order valence-corrected chi connectivity index (χ2v) is 5.33. The van der Waals surface area contributed by atoms with E-state index in [1.165, 1.54) is 30.1 Å². The lowest BCUT2D eigenvalue weighted by Crippen LogP contribution is -2.57. The molecule has 0 spiro atoms. The van der Waals surface area contributed by atoms with Crippen LogP contribution >= 0.6 is 0 Å². The monoisotopic (exact) mass is 336 g/mol. The smallest absolute Gasteiger partial charge is 0.323 e. The SMILES string of the molecule is Cn1nc(NC(=O)N2CC(Oc3ccc(F)c(F)c3)C2)ccc1=O. The highest BCUT2D eigenvalue weighted by Gasteiger charge is 2.32. The third-order valence-corrected chi connectivity index (χ3v) is 3.52. The Labute approximate surface area is 135 Å². The van der Waals surface area contributed by atoms with E-state index in [-0.39, 0.29) is 29.3 Å². The first-order valence-corrected chi connectivity index (χ1v) is 7.14. The molecule has 0 unspecified atom stereocenters. The molecule has 0 atom stereocenters. The van der Waals surface area contributed by atoms with Crippen molar-refractivity contribution in [3.63, 3.8) is 0 Å². The van der Waals surface area contributed by atoms with Crippen LogP contribution in [0, 0.1) is 11.6 Å². The molecular weight excluding hydrogens is 322 g/mol. The van der Waals surface area contributed by atoms with Gasteiger partial charge < -0.3 is 9.64 Å². The first-order chi connectivity index (χ1) is 11.4. The fourth-order valence-corrected chi connectivity index (χ4v) is 2.18. The van der Waals surface area contributed by atoms with Gasteiger partial charge in [-0.15, -0.1) is 0 Å². The van der Waals surface area contributed by atoms with E-state index in [0.717, 1.165) is 16.8 Å². The third-order valence-electron chi connectivity index (χ3n) is 3.52. The van der Waals surface area contributed by atoms with Gasteiger partial charge in [0.1, 0.15) is 11.9 Å². The second kappa shape index (κ2) is 6.26. The maximum absolute atomic E-state index is 13.1. The number of aromatic nitrogens is 2. The third kappa shape index (κ3) is 3.34. The number of carbonyl (C=O) groups is 1. The lowest BCUT2D eigenvalue weighted by atomic mass is 10.2. The first kappa shape index (κ1) is 15.9. The van der Waals surface area contributed by atoms with Crippen molar-refractivity contribution >= 4 is 11.8 Å². The Bertz CT molecular complexity index is 834. The van der Waals surface area contributed by atoms with Crippen LogP contribution in [0.4, 0.5) is 19.4 Å². The molecule has 7 nitrogen and oxygen atoms in total. The number of likely N-dealkylation sites (tertiary alicyclic amines) is 1. The van der Waals surface area contributed by atoms with Gasteiger partial charge in [-0.25, -0.2) is 18.3 Å². The summed E-state index contributed by atoms with van der Waals surface area (Å²) in [6.45, 7) is 0.604. The van der Waals surface area contributed by atoms with Gasteiger partial charge in [0, 0.05) is 19.2 Å². The summed E-state index contributed by atoms with van der Waals surface area (Å²) in [7, 11) is 1.48. The Kier molecular flexibility index (Phi) is 4.15. The quantitative estimate of drug-likeness (QED) is 0.918. The zero-order valence-corrected chi connectivity index (χ0v) is 12.7. The zero-order chi connectivity index (χ0) is 17.3. The summed E-state index contributed by atoms with van der Waals surface area (Å²) < 4.78 is 32.5. The summed E-state index contributed by atoms with van der Waals surface area (Å²) in [6, 6.07) is 5.61. The highest BCUT2D eigenvalue weighted by atomic mass is 19.2. The summed E-state index contributed by atoms with van der Waals surface area (Å²) in [4.78, 5) is 24.7. The molecule has 2 heterocycles. The van der Waals surface area contributed by atoms with E-state index >= 15 is 0 Å². The summed E-state index contributed by atoms with van der Waals surface area (Å²) in [5.74, 6) is -1.46. The molecule has 1 N–H and O–H groups in total. The number of hydrogen-bond acceptors (Lipinski definition) is 4. The van der Waals surface area contributed by atoms with Crippen LogP contribution in [0.1, 0.15) is 0 Å². The van der Waals surface area contributed by atoms with E-state index in [1.807, 2.05) is 0 Å². The molecule has 24 heavy (non-hydrogen) atoms. The van der Waals surface area contributed by atoms with Gasteiger partial charge in [0.2, 0.25) is 0 Å². The molecule has 9 heteroatoms. The molecule has 1 aliphatic rings. The number of nitrogens with one attached hydrogen (secondary N) is 1. The molecule has 0 radical (unpaired) electrons. The number of carbonyl (C=O) groups excluding carboxylic acids is 1. The first-order valence-electron chi connectivity index (χ1n) is 7.14. The van der Waals surface area contributed by atoms with Gasteiger partial charge in [0.05, 0.1) is 13.1 Å². The molecule has 1 aromatic carbocycles. The van der Waals surface area contributed by atoms with Gasteiger partial charge in [-0.05, 0) is 18.2 Å². The minimum atomic E-state index is -0.984. The molecule has 2 aromatic rings. The largest absolute Gasteiger partial charge is 0.487 e. The number of rotatable bonds is 3. The van der Waals surface area contributed by atoms with Crippen LogP contribution in [0.25, 0.3) is 0 Å². The van der Waals surface area contributed by atoms with Crippen LogP contribution in [0.15, 0.2) is 35.1 Å². The lowest BCUT2D eigenvalue weighted by molar-refractivity contribution is 0.0489. The summed E-state index contributed by atoms with van der Waals surface area (Å²) in [6.07, 6.45) is -0.298. The van der Waals surface area contributed by atoms with Gasteiger partial charge in [0.15, 0.2) is 17.5 Å². The molecule has 1 aromatic heterocycles. The Morgan fingerprint density at radius 1 is 1.25 bits per heavy atom. The van der Waals surface area contributed by atoms with Crippen molar-refractivity contribution in [2.75, 3.05) is 18.4 Å². The van der Waals surface area contributed by atoms with E-state index in [1.54, 1.807) is 0 Å². The van der Waals surface area contributed by atoms with E-state index in [2.05, 4.69) is 10.4 Å². The molecule has 0 saturated carbocycles. The van der Waals surface area contributed by atoms with E-state index < -0.39 is 11.6 Å². The summed E-state index contributed by atoms with van der Waals surface area (Å²) >= 11 is 0. The minimum Gasteiger partial charge on any atom is -0.487 e. The van der Waals surface area contributed by atoms with Crippen molar-refractivity contribution in [1.82, 2.24) is 14.7 Å². The second-order valence-electron chi connectivity index (χ2n) is 5.33. The van der Waals surface area contributed by atoms with Crippen molar-refractivity contribution in [1.29, 1.82) is 0 Å². The highest BCUT2D eigenvalue weighted by molar-refractivity contribution is 5.88. The van der Waals surface area contributed by atoms with Gasteiger partial charge >= 0.3 is 6.03 Å². The van der Waals surface area contributed by atoms with Gasteiger partial charge in [0.25, 0.3) is 5.56 Å². The Balaban J connectivity index is 1.52. The number of urea groups is 1. The number of hydrogen-bond donors (Lipinski definition) is 1. The van der Waals surface area contributed by atoms with Crippen LogP contribution in [-0.2, 0) is 7.05 Å². The van der Waals surface area contributed by atoms with Crippen molar-refractivity contribution in [2.45, 2.75) is 6.10 Å². The number of benzene rings is 1. The minimum absolute atomic E-state index is 0.207. The number of aryl methyl sites for hydroxylation is 1. The van der Waals surface area contributed by atoms with Crippen LogP contribution in [0.3, 0.4) is 0 Å². The average molecular weight is 336 g/mol. The molecule has 3 rings (SSSR count). The molecule has 126 valence electrons. The van der Waals surface area contributed by atoms with E-state index in [4.69, 9.17) is 4.74 Å². The number of amides is 2. The van der Waals surface area contributed by atoms with Crippen molar-refractivity contribution in [2.24, 2.45) is 7.05 Å². The molecule has 0 bridgehead atoms. The number of halogens is 2. The Morgan fingerprint density at radius 3 is 2.67 bits per heavy atom. The number of ether oxygens (including phenoxy) is 1. The summed E-state index contributed by atoms with van der Waals surface area (Å²) in [5, 5.41) is 6.46. The molecule has 1 fully saturated rings. The van der Waals surface area contributed by atoms with Gasteiger partial charge in [-0.1, -0.05) is 0 Å². The maximum atomic E-state index is 13.1. The van der Waals surface area contributed by atoms with Crippen molar-refractivity contribution < 1.29 is 18.3 Å². The number of nitrogens with zero attached hydrogens (tertiary/aromatic N) is 3. The summed E-state index contributed by atoms with van der Waals surface area (Å²) in [5.41, 5.74) is -0.281. The molecule has 1 saturated heterocycles. The van der Waals surface area contributed by atoms with Crippen LogP contribution in [0.5, 0.6) is 5.75 Å². The molecule has 2 amide bonds. The highest BCUT2D eigenvalue weighted by Crippen LogP contribution is 2.21. The zero-order valence-electron chi connectivity index (χ0n) is 12.7. The standard InChI is InChI=1S/C15H14F2N4O3/c1-20-14(22)5-4-13(19-20)18-15(23)21-7-10(8-21)24-9-2-3-11(16)12(17)6-9/h2-6,10H,7-8H2,1H3,(H,18,19,23). The predicted octanol–water partition coefficient (Wildman–Crippen LogP) is 1.35. The normalized spacial score (nSPS) is 14.2. The van der Waals surface area contributed by atoms with Crippen molar-refractivity contribution in [3.8, 4) is 5.75 Å². The van der Waals surface area contributed by atoms with Gasteiger partial charge in [-0.2, -0.15) is 5.10 Å². The van der Waals surface area contributed by atoms with Crippen molar-refractivity contribution in [3.05, 3.63) is 52.3 Å².